The number of aromatic nitrogens is 1. The van der Waals surface area contributed by atoms with Gasteiger partial charge in [-0.25, -0.2) is 14.3 Å². The van der Waals surface area contributed by atoms with Gasteiger partial charge in [-0.05, 0) is 47.2 Å². The molecule has 2 amide bonds. The highest BCUT2D eigenvalue weighted by atomic mass is 16.6. The van der Waals surface area contributed by atoms with Gasteiger partial charge in [0.05, 0.1) is 19.3 Å². The van der Waals surface area contributed by atoms with E-state index in [0.717, 1.165) is 33.9 Å². The van der Waals surface area contributed by atoms with Crippen LogP contribution in [0.5, 0.6) is 11.5 Å². The lowest BCUT2D eigenvalue weighted by atomic mass is 9.85. The van der Waals surface area contributed by atoms with Crippen LogP contribution >= 0.6 is 0 Å². The molecule has 1 heterocycles. The van der Waals surface area contributed by atoms with Crippen LogP contribution in [0.2, 0.25) is 0 Å². The summed E-state index contributed by atoms with van der Waals surface area (Å²) in [6.45, 7) is 9.49. The first-order chi connectivity index (χ1) is 23.2. The number of benzene rings is 2. The number of imide groups is 1. The average Bonchev–Trinajstić information content (AvgIpc) is 3.08. The number of hydrogen-bond donors (Lipinski definition) is 0. The number of para-hydroxylation sites is 1. The summed E-state index contributed by atoms with van der Waals surface area (Å²) in [5.74, 6) is 0.773. The standard InChI is InChI=1S/C41H59N2O5/c1-7-8-9-10-11-12-13-14-15-16-17-22-29-47-38-27-26-33(30-36(38)41(2,3)4)32-48-40(45)43(31-34-23-20-21-28-42(34)5)39(44)35-24-18-19-25-37(35)46-6/h18-21,23-28,30H,7-17,22,29,31-32H2,1-6H3/q+1. The number of carbonyl (C=O) groups excluding carboxylic acids is 2. The van der Waals surface area contributed by atoms with E-state index < -0.39 is 12.0 Å². The largest absolute Gasteiger partial charge is 0.496 e. The Balaban J connectivity index is 1.57. The van der Waals surface area contributed by atoms with E-state index in [1.807, 2.05) is 48.1 Å². The van der Waals surface area contributed by atoms with Gasteiger partial charge in [0.1, 0.15) is 31.7 Å². The van der Waals surface area contributed by atoms with Crippen molar-refractivity contribution in [3.63, 3.8) is 0 Å². The summed E-state index contributed by atoms with van der Waals surface area (Å²) in [7, 11) is 3.38. The number of carbonyl (C=O) groups is 2. The normalized spacial score (nSPS) is 11.3. The molecule has 3 aromatic rings. The van der Waals surface area contributed by atoms with Crippen LogP contribution in [-0.4, -0.2) is 30.6 Å². The molecular weight excluding hydrogens is 600 g/mol. The number of hydrogen-bond acceptors (Lipinski definition) is 5. The molecule has 7 heteroatoms. The third-order valence-corrected chi connectivity index (χ3v) is 8.76. The highest BCUT2D eigenvalue weighted by molar-refractivity contribution is 6.04. The van der Waals surface area contributed by atoms with Crippen molar-refractivity contribution < 1.29 is 28.4 Å². The van der Waals surface area contributed by atoms with E-state index in [4.69, 9.17) is 14.2 Å². The Hall–Kier alpha value is -3.87. The first kappa shape index (κ1) is 38.6. The third-order valence-electron chi connectivity index (χ3n) is 8.76. The maximum atomic E-state index is 13.7. The second-order valence-electron chi connectivity index (χ2n) is 13.8. The zero-order valence-electron chi connectivity index (χ0n) is 30.4. The molecular formula is C41H59N2O5+. The maximum absolute atomic E-state index is 13.7. The quantitative estimate of drug-likeness (QED) is 0.0892. The average molecular weight is 660 g/mol. The second kappa shape index (κ2) is 20.5. The van der Waals surface area contributed by atoms with E-state index in [9.17, 15) is 9.59 Å². The van der Waals surface area contributed by atoms with Gasteiger partial charge in [-0.1, -0.05) is 123 Å². The van der Waals surface area contributed by atoms with Gasteiger partial charge < -0.3 is 14.2 Å². The van der Waals surface area contributed by atoms with Crippen LogP contribution in [-0.2, 0) is 30.4 Å². The van der Waals surface area contributed by atoms with Crippen molar-refractivity contribution in [2.24, 2.45) is 7.05 Å². The van der Waals surface area contributed by atoms with Crippen molar-refractivity contribution in [1.29, 1.82) is 0 Å². The van der Waals surface area contributed by atoms with E-state index in [1.54, 1.807) is 24.3 Å². The predicted octanol–water partition coefficient (Wildman–Crippen LogP) is 9.88. The third kappa shape index (κ3) is 12.6. The van der Waals surface area contributed by atoms with E-state index in [1.165, 1.54) is 77.7 Å². The molecule has 0 spiro atoms. The van der Waals surface area contributed by atoms with Gasteiger partial charge in [-0.2, -0.15) is 0 Å². The minimum absolute atomic E-state index is 0.0253. The molecule has 262 valence electrons. The molecule has 2 aromatic carbocycles. The van der Waals surface area contributed by atoms with Crippen LogP contribution in [0.15, 0.2) is 66.9 Å². The molecule has 0 unspecified atom stereocenters. The fraction of sp³-hybridized carbons (Fsp3) is 0.537. The number of aryl methyl sites for hydroxylation is 1. The van der Waals surface area contributed by atoms with E-state index >= 15 is 0 Å². The molecule has 7 nitrogen and oxygen atoms in total. The minimum atomic E-state index is -0.723. The fourth-order valence-corrected chi connectivity index (χ4v) is 5.80. The molecule has 0 atom stereocenters. The lowest BCUT2D eigenvalue weighted by Crippen LogP contribution is -2.42. The SMILES string of the molecule is CCCCCCCCCCCCCCOc1ccc(COC(=O)N(Cc2cccc[n+]2C)C(=O)c2ccccc2OC)cc1C(C)(C)C. The van der Waals surface area contributed by atoms with Gasteiger partial charge in [0.2, 0.25) is 5.69 Å². The topological polar surface area (TPSA) is 69.0 Å². The van der Waals surface area contributed by atoms with Crippen molar-refractivity contribution in [3.8, 4) is 11.5 Å². The Labute approximate surface area is 289 Å². The van der Waals surface area contributed by atoms with Crippen LogP contribution in [0.4, 0.5) is 4.79 Å². The van der Waals surface area contributed by atoms with Crippen LogP contribution in [0.25, 0.3) is 0 Å². The van der Waals surface area contributed by atoms with Gasteiger partial charge in [0.25, 0.3) is 5.91 Å². The van der Waals surface area contributed by atoms with Crippen LogP contribution < -0.4 is 14.0 Å². The Morgan fingerprint density at radius 2 is 1.40 bits per heavy atom. The molecule has 0 aliphatic heterocycles. The van der Waals surface area contributed by atoms with Crippen molar-refractivity contribution >= 4 is 12.0 Å². The van der Waals surface area contributed by atoms with Crippen LogP contribution in [0.3, 0.4) is 0 Å². The summed E-state index contributed by atoms with van der Waals surface area (Å²) < 4.78 is 19.4. The fourth-order valence-electron chi connectivity index (χ4n) is 5.80. The van der Waals surface area contributed by atoms with Crippen LogP contribution in [0.1, 0.15) is 132 Å². The summed E-state index contributed by atoms with van der Waals surface area (Å²) >= 11 is 0. The summed E-state index contributed by atoms with van der Waals surface area (Å²) in [5.41, 5.74) is 2.80. The maximum Gasteiger partial charge on any atom is 0.417 e. The van der Waals surface area contributed by atoms with Crippen LogP contribution in [0, 0.1) is 0 Å². The highest BCUT2D eigenvalue weighted by Gasteiger charge is 2.29. The van der Waals surface area contributed by atoms with Gasteiger partial charge in [0.15, 0.2) is 6.20 Å². The van der Waals surface area contributed by atoms with Gasteiger partial charge in [-0.3, -0.25) is 4.79 Å². The molecule has 0 fully saturated rings. The van der Waals surface area contributed by atoms with Gasteiger partial charge >= 0.3 is 6.09 Å². The zero-order valence-corrected chi connectivity index (χ0v) is 30.4. The summed E-state index contributed by atoms with van der Waals surface area (Å²) in [6, 6.07) is 18.5. The van der Waals surface area contributed by atoms with Crippen molar-refractivity contribution in [1.82, 2.24) is 4.90 Å². The highest BCUT2D eigenvalue weighted by Crippen LogP contribution is 2.33. The first-order valence-electron chi connectivity index (χ1n) is 18.0. The van der Waals surface area contributed by atoms with Gasteiger partial charge in [-0.15, -0.1) is 0 Å². The molecule has 0 saturated heterocycles. The molecule has 0 aliphatic rings. The molecule has 0 aliphatic carbocycles. The number of rotatable bonds is 20. The number of methoxy groups -OCH3 is 1. The van der Waals surface area contributed by atoms with Crippen molar-refractivity contribution in [3.05, 3.63) is 89.2 Å². The lowest BCUT2D eigenvalue weighted by molar-refractivity contribution is -0.679. The number of unbranched alkanes of at least 4 members (excludes halogenated alkanes) is 11. The molecule has 0 N–H and O–H groups in total. The Kier molecular flexibility index (Phi) is 16.5. The molecule has 0 radical (unpaired) electrons. The Morgan fingerprint density at radius 3 is 2.02 bits per heavy atom. The van der Waals surface area contributed by atoms with Crippen molar-refractivity contribution in [2.45, 2.75) is 123 Å². The Bertz CT molecular complexity index is 1410. The molecule has 1 aromatic heterocycles. The summed E-state index contributed by atoms with van der Waals surface area (Å²) in [4.78, 5) is 28.4. The van der Waals surface area contributed by atoms with E-state index in [0.29, 0.717) is 17.9 Å². The summed E-state index contributed by atoms with van der Waals surface area (Å²) in [5, 5.41) is 0. The Morgan fingerprint density at radius 1 is 0.771 bits per heavy atom. The molecule has 48 heavy (non-hydrogen) atoms. The molecule has 3 rings (SSSR count). The van der Waals surface area contributed by atoms with Gasteiger partial charge in [0, 0.05) is 12.1 Å². The number of ether oxygens (including phenoxy) is 3. The minimum Gasteiger partial charge on any atom is -0.496 e. The van der Waals surface area contributed by atoms with E-state index in [2.05, 4.69) is 33.8 Å². The number of pyridine rings is 1. The predicted molar refractivity (Wildman–Crippen MR) is 192 cm³/mol. The zero-order chi connectivity index (χ0) is 34.8. The molecule has 0 bridgehead atoms. The van der Waals surface area contributed by atoms with E-state index in [-0.39, 0.29) is 18.6 Å². The molecule has 0 saturated carbocycles. The first-order valence-corrected chi connectivity index (χ1v) is 18.0. The monoisotopic (exact) mass is 659 g/mol. The smallest absolute Gasteiger partial charge is 0.417 e. The number of nitrogens with zero attached hydrogens (tertiary/aromatic N) is 2. The lowest BCUT2D eigenvalue weighted by Gasteiger charge is -2.24. The second-order valence-corrected chi connectivity index (χ2v) is 13.8. The number of amides is 2. The van der Waals surface area contributed by atoms with Crippen molar-refractivity contribution in [2.75, 3.05) is 13.7 Å². The summed E-state index contributed by atoms with van der Waals surface area (Å²) in [6.07, 6.45) is 16.9.